The zero-order valence-corrected chi connectivity index (χ0v) is 14.7. The van der Waals surface area contributed by atoms with E-state index < -0.39 is 0 Å². The SMILES string of the molecule is Cn1cc(COc2ccc(Cc3cc(-c4cccnc4N)on3)cn2)cn1. The molecule has 0 amide bonds. The van der Waals surface area contributed by atoms with Gasteiger partial charge in [0.15, 0.2) is 5.76 Å². The monoisotopic (exact) mass is 362 g/mol. The largest absolute Gasteiger partial charge is 0.473 e. The first-order valence-electron chi connectivity index (χ1n) is 8.39. The highest BCUT2D eigenvalue weighted by Crippen LogP contribution is 2.25. The van der Waals surface area contributed by atoms with Gasteiger partial charge in [-0.2, -0.15) is 5.10 Å². The van der Waals surface area contributed by atoms with Gasteiger partial charge < -0.3 is 15.0 Å². The number of nitrogens with zero attached hydrogens (tertiary/aromatic N) is 5. The molecule has 2 N–H and O–H groups in total. The number of aromatic nitrogens is 5. The van der Waals surface area contributed by atoms with Crippen molar-refractivity contribution < 1.29 is 9.26 Å². The molecule has 4 rings (SSSR count). The highest BCUT2D eigenvalue weighted by Gasteiger charge is 2.11. The summed E-state index contributed by atoms with van der Waals surface area (Å²) in [7, 11) is 1.87. The lowest BCUT2D eigenvalue weighted by atomic mass is 10.1. The number of aryl methyl sites for hydroxylation is 1. The minimum absolute atomic E-state index is 0.414. The summed E-state index contributed by atoms with van der Waals surface area (Å²) >= 11 is 0. The van der Waals surface area contributed by atoms with Gasteiger partial charge in [-0.25, -0.2) is 9.97 Å². The van der Waals surface area contributed by atoms with Crippen LogP contribution in [-0.4, -0.2) is 24.9 Å². The summed E-state index contributed by atoms with van der Waals surface area (Å²) in [5, 5.41) is 8.21. The van der Waals surface area contributed by atoms with Crippen LogP contribution in [0.2, 0.25) is 0 Å². The maximum Gasteiger partial charge on any atom is 0.213 e. The fourth-order valence-corrected chi connectivity index (χ4v) is 2.66. The molecule has 27 heavy (non-hydrogen) atoms. The van der Waals surface area contributed by atoms with Crippen LogP contribution in [0.5, 0.6) is 5.88 Å². The molecule has 0 aliphatic heterocycles. The second kappa shape index (κ2) is 7.28. The molecule has 8 nitrogen and oxygen atoms in total. The van der Waals surface area contributed by atoms with E-state index in [1.54, 1.807) is 23.3 Å². The average Bonchev–Trinajstić information content (AvgIpc) is 3.30. The lowest BCUT2D eigenvalue weighted by Gasteiger charge is -2.04. The molecule has 0 saturated heterocycles. The maximum absolute atomic E-state index is 5.87. The fourth-order valence-electron chi connectivity index (χ4n) is 2.66. The number of hydrogen-bond acceptors (Lipinski definition) is 7. The van der Waals surface area contributed by atoms with Crippen molar-refractivity contribution in [1.29, 1.82) is 0 Å². The van der Waals surface area contributed by atoms with Crippen LogP contribution in [0.3, 0.4) is 0 Å². The van der Waals surface area contributed by atoms with E-state index in [9.17, 15) is 0 Å². The van der Waals surface area contributed by atoms with Crippen LogP contribution >= 0.6 is 0 Å². The number of anilines is 1. The highest BCUT2D eigenvalue weighted by atomic mass is 16.5. The Labute approximate surface area is 155 Å². The molecule has 0 bridgehead atoms. The van der Waals surface area contributed by atoms with Crippen LogP contribution in [0.15, 0.2) is 59.6 Å². The number of rotatable bonds is 6. The van der Waals surface area contributed by atoms with E-state index in [2.05, 4.69) is 20.2 Å². The Morgan fingerprint density at radius 1 is 1.15 bits per heavy atom. The van der Waals surface area contributed by atoms with Crippen molar-refractivity contribution in [3.8, 4) is 17.2 Å². The van der Waals surface area contributed by atoms with Crippen LogP contribution < -0.4 is 10.5 Å². The lowest BCUT2D eigenvalue weighted by molar-refractivity contribution is 0.293. The fraction of sp³-hybridized carbons (Fsp3) is 0.158. The molecule has 4 aromatic heterocycles. The number of nitrogens with two attached hydrogens (primary N) is 1. The van der Waals surface area contributed by atoms with Crippen LogP contribution in [0.1, 0.15) is 16.8 Å². The quantitative estimate of drug-likeness (QED) is 0.562. The molecule has 0 aliphatic carbocycles. The van der Waals surface area contributed by atoms with Gasteiger partial charge in [-0.15, -0.1) is 0 Å². The van der Waals surface area contributed by atoms with Gasteiger partial charge >= 0.3 is 0 Å². The third-order valence-corrected chi connectivity index (χ3v) is 3.99. The second-order valence-electron chi connectivity index (χ2n) is 6.11. The minimum atomic E-state index is 0.414. The van der Waals surface area contributed by atoms with Crippen LogP contribution in [0.25, 0.3) is 11.3 Å². The Hall–Kier alpha value is -3.68. The van der Waals surface area contributed by atoms with Crippen molar-refractivity contribution in [2.24, 2.45) is 7.05 Å². The predicted octanol–water partition coefficient (Wildman–Crippen LogP) is 2.62. The Morgan fingerprint density at radius 3 is 2.81 bits per heavy atom. The molecule has 0 atom stereocenters. The van der Waals surface area contributed by atoms with Gasteiger partial charge in [-0.05, 0) is 17.7 Å². The molecular weight excluding hydrogens is 344 g/mol. The van der Waals surface area contributed by atoms with Crippen molar-refractivity contribution in [3.05, 3.63) is 71.9 Å². The number of hydrogen-bond donors (Lipinski definition) is 1. The van der Waals surface area contributed by atoms with Crippen LogP contribution in [-0.2, 0) is 20.1 Å². The second-order valence-corrected chi connectivity index (χ2v) is 6.11. The van der Waals surface area contributed by atoms with Gasteiger partial charge in [0.05, 0.1) is 17.5 Å². The van der Waals surface area contributed by atoms with Crippen LogP contribution in [0, 0.1) is 0 Å². The Morgan fingerprint density at radius 2 is 2.07 bits per heavy atom. The molecule has 0 radical (unpaired) electrons. The van der Waals surface area contributed by atoms with E-state index in [1.165, 1.54) is 0 Å². The zero-order valence-electron chi connectivity index (χ0n) is 14.7. The van der Waals surface area contributed by atoms with E-state index in [4.69, 9.17) is 15.0 Å². The van der Waals surface area contributed by atoms with Gasteiger partial charge in [-0.1, -0.05) is 11.2 Å². The van der Waals surface area contributed by atoms with Gasteiger partial charge in [-0.3, -0.25) is 4.68 Å². The van der Waals surface area contributed by atoms with E-state index in [-0.39, 0.29) is 0 Å². The molecule has 0 aromatic carbocycles. The zero-order chi connectivity index (χ0) is 18.6. The summed E-state index contributed by atoms with van der Waals surface area (Å²) in [5.41, 5.74) is 9.39. The molecule has 136 valence electrons. The molecular formula is C19H18N6O2. The van der Waals surface area contributed by atoms with Gasteiger partial charge in [0.1, 0.15) is 12.4 Å². The molecule has 0 unspecified atom stereocenters. The third-order valence-electron chi connectivity index (χ3n) is 3.99. The normalized spacial score (nSPS) is 10.9. The number of ether oxygens (including phenoxy) is 1. The summed E-state index contributed by atoms with van der Waals surface area (Å²) < 4.78 is 12.8. The summed E-state index contributed by atoms with van der Waals surface area (Å²) in [6, 6.07) is 9.31. The summed E-state index contributed by atoms with van der Waals surface area (Å²) in [4.78, 5) is 8.40. The van der Waals surface area contributed by atoms with E-state index in [0.29, 0.717) is 30.5 Å². The molecule has 0 saturated carbocycles. The number of pyridine rings is 2. The predicted molar refractivity (Wildman–Crippen MR) is 98.7 cm³/mol. The molecule has 4 aromatic rings. The Bertz CT molecular complexity index is 1040. The molecule has 0 fully saturated rings. The Kier molecular flexibility index (Phi) is 4.52. The topological polar surface area (TPSA) is 105 Å². The summed E-state index contributed by atoms with van der Waals surface area (Å²) in [6.07, 6.45) is 7.68. The molecule has 0 aliphatic rings. The highest BCUT2D eigenvalue weighted by molar-refractivity contribution is 5.69. The molecule has 4 heterocycles. The van der Waals surface area contributed by atoms with E-state index in [0.717, 1.165) is 22.4 Å². The molecule has 8 heteroatoms. The van der Waals surface area contributed by atoms with Crippen molar-refractivity contribution >= 4 is 5.82 Å². The van der Waals surface area contributed by atoms with E-state index >= 15 is 0 Å². The first-order valence-corrected chi connectivity index (χ1v) is 8.39. The van der Waals surface area contributed by atoms with Gasteiger partial charge in [0.25, 0.3) is 0 Å². The minimum Gasteiger partial charge on any atom is -0.473 e. The van der Waals surface area contributed by atoms with Crippen molar-refractivity contribution in [1.82, 2.24) is 24.9 Å². The standard InChI is InChI=1S/C19H18N6O2/c1-25-11-14(10-23-25)12-26-18-5-4-13(9-22-18)7-15-8-17(27-24-15)16-3-2-6-21-19(16)20/h2-6,8-11H,7,12H2,1H3,(H2,20,21). The van der Waals surface area contributed by atoms with E-state index in [1.807, 2.05) is 43.6 Å². The van der Waals surface area contributed by atoms with Crippen molar-refractivity contribution in [3.63, 3.8) is 0 Å². The first-order chi connectivity index (χ1) is 13.2. The van der Waals surface area contributed by atoms with Crippen molar-refractivity contribution in [2.45, 2.75) is 13.0 Å². The average molecular weight is 362 g/mol. The van der Waals surface area contributed by atoms with Gasteiger partial charge in [0, 0.05) is 49.8 Å². The summed E-state index contributed by atoms with van der Waals surface area (Å²) in [6.45, 7) is 0.430. The third kappa shape index (κ3) is 3.95. The first kappa shape index (κ1) is 16.8. The molecule has 0 spiro atoms. The van der Waals surface area contributed by atoms with Crippen LogP contribution in [0.4, 0.5) is 5.82 Å². The maximum atomic E-state index is 5.87. The van der Waals surface area contributed by atoms with Gasteiger partial charge in [0.2, 0.25) is 5.88 Å². The Balaban J connectivity index is 1.39. The van der Waals surface area contributed by atoms with Crippen molar-refractivity contribution in [2.75, 3.05) is 5.73 Å². The lowest BCUT2D eigenvalue weighted by Crippen LogP contribution is -1.97. The summed E-state index contributed by atoms with van der Waals surface area (Å²) in [5.74, 6) is 1.57. The smallest absolute Gasteiger partial charge is 0.213 e. The number of nitrogen functional groups attached to an aromatic ring is 1.